The van der Waals surface area contributed by atoms with Crippen LogP contribution in [0, 0.1) is 10.1 Å². The molecule has 0 saturated heterocycles. The van der Waals surface area contributed by atoms with E-state index in [1.807, 2.05) is 0 Å². The third-order valence-electron chi connectivity index (χ3n) is 4.97. The van der Waals surface area contributed by atoms with Crippen molar-refractivity contribution in [2.75, 3.05) is 10.6 Å². The van der Waals surface area contributed by atoms with E-state index in [1.165, 1.54) is 48.5 Å². The van der Waals surface area contributed by atoms with E-state index < -0.39 is 22.9 Å². The van der Waals surface area contributed by atoms with Crippen LogP contribution >= 0.6 is 0 Å². The van der Waals surface area contributed by atoms with Crippen LogP contribution in [0.2, 0.25) is 0 Å². The molecule has 3 aromatic carbocycles. The van der Waals surface area contributed by atoms with Crippen molar-refractivity contribution in [2.45, 2.75) is 6.18 Å². The second-order valence-electron chi connectivity index (χ2n) is 7.43. The minimum atomic E-state index is -5.10. The molecule has 0 spiro atoms. The zero-order chi connectivity index (χ0) is 25.9. The number of anilines is 3. The monoisotopic (exact) mass is 495 g/mol. The molecule has 182 valence electrons. The quantitative estimate of drug-likeness (QED) is 0.273. The first-order valence-electron chi connectivity index (χ1n) is 10.3. The standard InChI is InChI=1S/C24H16F3N5O4/c25-24(26,27)23(34)29-19-12-5-4-11-18(19)28-21-14-20(16-9-6-10-17(13-16)32(35)36)30-31(21)22(33)15-7-2-1-3-8-15/h1-14,28H,(H,29,34). The van der Waals surface area contributed by atoms with Crippen molar-refractivity contribution in [1.29, 1.82) is 0 Å². The van der Waals surface area contributed by atoms with Crippen molar-refractivity contribution < 1.29 is 27.7 Å². The highest BCUT2D eigenvalue weighted by Gasteiger charge is 2.39. The molecule has 1 aromatic heterocycles. The molecule has 4 rings (SSSR count). The second kappa shape index (κ2) is 9.70. The molecule has 12 heteroatoms. The molecule has 0 aliphatic carbocycles. The van der Waals surface area contributed by atoms with Gasteiger partial charge in [-0.3, -0.25) is 19.7 Å². The molecule has 0 aliphatic heterocycles. The van der Waals surface area contributed by atoms with Crippen LogP contribution in [-0.4, -0.2) is 32.7 Å². The van der Waals surface area contributed by atoms with Crippen LogP contribution < -0.4 is 10.6 Å². The SMILES string of the molecule is O=C(c1ccccc1)n1nc(-c2cccc([N+](=O)[O-])c2)cc1Nc1ccccc1NC(=O)C(F)(F)F. The lowest BCUT2D eigenvalue weighted by molar-refractivity contribution is -0.384. The van der Waals surface area contributed by atoms with E-state index in [4.69, 9.17) is 0 Å². The number of nitro groups is 1. The van der Waals surface area contributed by atoms with E-state index in [0.717, 1.165) is 4.68 Å². The third-order valence-corrected chi connectivity index (χ3v) is 4.97. The van der Waals surface area contributed by atoms with E-state index in [9.17, 15) is 32.9 Å². The van der Waals surface area contributed by atoms with Crippen LogP contribution in [0.5, 0.6) is 0 Å². The topological polar surface area (TPSA) is 119 Å². The highest BCUT2D eigenvalue weighted by Crippen LogP contribution is 2.31. The van der Waals surface area contributed by atoms with Gasteiger partial charge in [0.1, 0.15) is 5.82 Å². The van der Waals surface area contributed by atoms with E-state index in [0.29, 0.717) is 5.56 Å². The average Bonchev–Trinajstić information content (AvgIpc) is 3.28. The maximum atomic E-state index is 13.2. The van der Waals surface area contributed by atoms with Gasteiger partial charge in [0.2, 0.25) is 0 Å². The third kappa shape index (κ3) is 5.22. The van der Waals surface area contributed by atoms with Gasteiger partial charge in [-0.05, 0) is 24.3 Å². The zero-order valence-electron chi connectivity index (χ0n) is 18.2. The highest BCUT2D eigenvalue weighted by molar-refractivity contribution is 6.00. The minimum absolute atomic E-state index is 0.0547. The Morgan fingerprint density at radius 2 is 1.56 bits per heavy atom. The van der Waals surface area contributed by atoms with Crippen LogP contribution in [0.25, 0.3) is 11.3 Å². The van der Waals surface area contributed by atoms with Crippen molar-refractivity contribution >= 4 is 34.7 Å². The number of hydrogen-bond acceptors (Lipinski definition) is 6. The molecule has 0 unspecified atom stereocenters. The number of rotatable bonds is 6. The van der Waals surface area contributed by atoms with Gasteiger partial charge in [0, 0.05) is 29.3 Å². The van der Waals surface area contributed by atoms with Crippen molar-refractivity contribution in [3.63, 3.8) is 0 Å². The first-order valence-corrected chi connectivity index (χ1v) is 10.3. The Morgan fingerprint density at radius 3 is 2.22 bits per heavy atom. The fourth-order valence-corrected chi connectivity index (χ4v) is 3.28. The molecule has 0 saturated carbocycles. The number of benzene rings is 3. The van der Waals surface area contributed by atoms with E-state index in [1.54, 1.807) is 41.7 Å². The molecule has 36 heavy (non-hydrogen) atoms. The lowest BCUT2D eigenvalue weighted by Crippen LogP contribution is -2.30. The number of non-ortho nitro benzene ring substituents is 1. The van der Waals surface area contributed by atoms with Gasteiger partial charge in [0.25, 0.3) is 11.6 Å². The maximum Gasteiger partial charge on any atom is 0.471 e. The molecule has 9 nitrogen and oxygen atoms in total. The molecule has 0 atom stereocenters. The Balaban J connectivity index is 1.77. The summed E-state index contributed by atoms with van der Waals surface area (Å²) in [5.74, 6) is -2.67. The highest BCUT2D eigenvalue weighted by atomic mass is 19.4. The molecule has 1 amide bonds. The maximum absolute atomic E-state index is 13.2. The zero-order valence-corrected chi connectivity index (χ0v) is 18.2. The lowest BCUT2D eigenvalue weighted by Gasteiger charge is -2.14. The van der Waals surface area contributed by atoms with Crippen LogP contribution in [0.4, 0.5) is 36.1 Å². The van der Waals surface area contributed by atoms with Crippen molar-refractivity contribution in [2.24, 2.45) is 0 Å². The molecule has 2 N–H and O–H groups in total. The van der Waals surface area contributed by atoms with Gasteiger partial charge in [-0.25, -0.2) is 0 Å². The number of carbonyl (C=O) groups is 2. The number of carbonyl (C=O) groups excluding carboxylic acids is 2. The van der Waals surface area contributed by atoms with E-state index in [2.05, 4.69) is 10.4 Å². The number of amides is 1. The molecule has 0 fully saturated rings. The van der Waals surface area contributed by atoms with Crippen molar-refractivity contribution in [3.8, 4) is 11.3 Å². The van der Waals surface area contributed by atoms with Gasteiger partial charge in [0.15, 0.2) is 0 Å². The number of nitrogens with zero attached hydrogens (tertiary/aromatic N) is 3. The minimum Gasteiger partial charge on any atom is -0.338 e. The molecule has 0 radical (unpaired) electrons. The second-order valence-corrected chi connectivity index (χ2v) is 7.43. The summed E-state index contributed by atoms with van der Waals surface area (Å²) in [6, 6.07) is 20.7. The van der Waals surface area contributed by atoms with Crippen LogP contribution in [0.15, 0.2) is 84.9 Å². The van der Waals surface area contributed by atoms with Gasteiger partial charge in [-0.1, -0.05) is 42.5 Å². The van der Waals surface area contributed by atoms with Gasteiger partial charge in [-0.2, -0.15) is 23.0 Å². The first kappa shape index (κ1) is 24.1. The summed E-state index contributed by atoms with van der Waals surface area (Å²) >= 11 is 0. The normalized spacial score (nSPS) is 11.1. The average molecular weight is 495 g/mol. The van der Waals surface area contributed by atoms with Crippen LogP contribution in [-0.2, 0) is 4.79 Å². The van der Waals surface area contributed by atoms with Crippen LogP contribution in [0.3, 0.4) is 0 Å². The Kier molecular flexibility index (Phi) is 6.50. The Labute approximate surface area is 201 Å². The van der Waals surface area contributed by atoms with E-state index in [-0.39, 0.29) is 34.1 Å². The summed E-state index contributed by atoms with van der Waals surface area (Å²) in [5, 5.41) is 20.1. The van der Waals surface area contributed by atoms with Gasteiger partial charge >= 0.3 is 12.1 Å². The Bertz CT molecular complexity index is 1450. The molecular weight excluding hydrogens is 479 g/mol. The molecule has 1 heterocycles. The number of halogens is 3. The number of hydrogen-bond donors (Lipinski definition) is 2. The van der Waals surface area contributed by atoms with Gasteiger partial charge in [0.05, 0.1) is 22.0 Å². The molecule has 0 bridgehead atoms. The largest absolute Gasteiger partial charge is 0.471 e. The summed E-state index contributed by atoms with van der Waals surface area (Å²) < 4.78 is 39.4. The summed E-state index contributed by atoms with van der Waals surface area (Å²) in [6.45, 7) is 0. The molecule has 4 aromatic rings. The van der Waals surface area contributed by atoms with Gasteiger partial charge in [-0.15, -0.1) is 0 Å². The number of nitro benzene ring substituents is 1. The summed E-state index contributed by atoms with van der Waals surface area (Å²) in [6.07, 6.45) is -5.10. The van der Waals surface area contributed by atoms with Crippen LogP contribution in [0.1, 0.15) is 10.4 Å². The Morgan fingerprint density at radius 1 is 0.889 bits per heavy atom. The number of aromatic nitrogens is 2. The Hall–Kier alpha value is -5.00. The number of alkyl halides is 3. The predicted molar refractivity (Wildman–Crippen MR) is 125 cm³/mol. The summed E-state index contributed by atoms with van der Waals surface area (Å²) in [5.41, 5.74) is 0.492. The smallest absolute Gasteiger partial charge is 0.338 e. The van der Waals surface area contributed by atoms with Crippen molar-refractivity contribution in [1.82, 2.24) is 9.78 Å². The molecule has 0 aliphatic rings. The number of para-hydroxylation sites is 2. The predicted octanol–water partition coefficient (Wildman–Crippen LogP) is 5.39. The summed E-state index contributed by atoms with van der Waals surface area (Å²) in [4.78, 5) is 35.3. The number of nitrogens with one attached hydrogen (secondary N) is 2. The summed E-state index contributed by atoms with van der Waals surface area (Å²) in [7, 11) is 0. The van der Waals surface area contributed by atoms with Gasteiger partial charge < -0.3 is 10.6 Å². The first-order chi connectivity index (χ1) is 17.1. The van der Waals surface area contributed by atoms with Crippen molar-refractivity contribution in [3.05, 3.63) is 101 Å². The lowest BCUT2D eigenvalue weighted by atomic mass is 10.1. The molecular formula is C24H16F3N5O4. The fraction of sp³-hybridized carbons (Fsp3) is 0.0417. The van der Waals surface area contributed by atoms with E-state index >= 15 is 0 Å². The fourth-order valence-electron chi connectivity index (χ4n) is 3.28.